The molecular weight excluding hydrogens is 230 g/mol. The molecule has 1 N–H and O–H groups in total. The highest BCUT2D eigenvalue weighted by molar-refractivity contribution is 8.00. The zero-order valence-corrected chi connectivity index (χ0v) is 11.5. The average Bonchev–Trinajstić information content (AvgIpc) is 3.13. The summed E-state index contributed by atoms with van der Waals surface area (Å²) in [6.07, 6.45) is 4.94. The molecule has 1 aliphatic carbocycles. The quantitative estimate of drug-likeness (QED) is 0.804. The lowest BCUT2D eigenvalue weighted by atomic mass is 10.2. The number of nitrogens with one attached hydrogen (secondary N) is 1. The number of hydrogen-bond acceptors (Lipinski definition) is 3. The van der Waals surface area contributed by atoms with E-state index in [1.54, 1.807) is 0 Å². The summed E-state index contributed by atoms with van der Waals surface area (Å²) in [6, 6.07) is 8.36. The third kappa shape index (κ3) is 3.65. The standard InChI is InChI=1S/C14H21NOS/c1-3-16-13-6-4-12(5-7-13)10-15-11-14(17-2)8-9-14/h4-7,15H,3,8-11H2,1-2H3. The minimum absolute atomic E-state index is 0.547. The predicted octanol–water partition coefficient (Wildman–Crippen LogP) is 3.07. The Morgan fingerprint density at radius 2 is 2.00 bits per heavy atom. The van der Waals surface area contributed by atoms with Gasteiger partial charge in [0.1, 0.15) is 5.75 Å². The first-order valence-corrected chi connectivity index (χ1v) is 7.48. The van der Waals surface area contributed by atoms with Gasteiger partial charge in [-0.3, -0.25) is 0 Å². The smallest absolute Gasteiger partial charge is 0.119 e. The molecule has 2 rings (SSSR count). The molecule has 1 aromatic carbocycles. The van der Waals surface area contributed by atoms with Crippen LogP contribution in [0.2, 0.25) is 0 Å². The van der Waals surface area contributed by atoms with Crippen molar-refractivity contribution in [1.82, 2.24) is 5.32 Å². The van der Waals surface area contributed by atoms with E-state index in [4.69, 9.17) is 4.74 Å². The van der Waals surface area contributed by atoms with Crippen molar-refractivity contribution in [3.05, 3.63) is 29.8 Å². The van der Waals surface area contributed by atoms with Gasteiger partial charge in [0.15, 0.2) is 0 Å². The lowest BCUT2D eigenvalue weighted by Crippen LogP contribution is -2.25. The molecule has 0 atom stereocenters. The number of hydrogen-bond donors (Lipinski definition) is 1. The van der Waals surface area contributed by atoms with Gasteiger partial charge < -0.3 is 10.1 Å². The monoisotopic (exact) mass is 251 g/mol. The number of benzene rings is 1. The Labute approximate surface area is 108 Å². The van der Waals surface area contributed by atoms with E-state index < -0.39 is 0 Å². The van der Waals surface area contributed by atoms with Crippen LogP contribution >= 0.6 is 11.8 Å². The van der Waals surface area contributed by atoms with Crippen molar-refractivity contribution in [2.24, 2.45) is 0 Å². The van der Waals surface area contributed by atoms with Gasteiger partial charge in [0.25, 0.3) is 0 Å². The van der Waals surface area contributed by atoms with E-state index in [1.165, 1.54) is 18.4 Å². The molecule has 0 aromatic heterocycles. The Kier molecular flexibility index (Phi) is 4.35. The highest BCUT2D eigenvalue weighted by Crippen LogP contribution is 2.46. The summed E-state index contributed by atoms with van der Waals surface area (Å²) in [5.41, 5.74) is 1.32. The Morgan fingerprint density at radius 3 is 2.53 bits per heavy atom. The van der Waals surface area contributed by atoms with Gasteiger partial charge in [-0.05, 0) is 43.7 Å². The predicted molar refractivity (Wildman–Crippen MR) is 74.8 cm³/mol. The molecule has 0 bridgehead atoms. The van der Waals surface area contributed by atoms with Crippen molar-refractivity contribution in [2.45, 2.75) is 31.1 Å². The van der Waals surface area contributed by atoms with Gasteiger partial charge in [-0.1, -0.05) is 12.1 Å². The van der Waals surface area contributed by atoms with Crippen molar-refractivity contribution in [3.63, 3.8) is 0 Å². The van der Waals surface area contributed by atoms with Crippen LogP contribution in [0.4, 0.5) is 0 Å². The summed E-state index contributed by atoms with van der Waals surface area (Å²) >= 11 is 2.00. The largest absolute Gasteiger partial charge is 0.494 e. The van der Waals surface area contributed by atoms with Crippen molar-refractivity contribution < 1.29 is 4.74 Å². The first-order valence-electron chi connectivity index (χ1n) is 6.25. The minimum atomic E-state index is 0.547. The van der Waals surface area contributed by atoms with Gasteiger partial charge in [0.2, 0.25) is 0 Å². The van der Waals surface area contributed by atoms with Crippen LogP contribution in [0.25, 0.3) is 0 Å². The van der Waals surface area contributed by atoms with Crippen LogP contribution in [0.1, 0.15) is 25.3 Å². The van der Waals surface area contributed by atoms with E-state index in [2.05, 4.69) is 23.7 Å². The fraction of sp³-hybridized carbons (Fsp3) is 0.571. The maximum Gasteiger partial charge on any atom is 0.119 e. The number of rotatable bonds is 7. The molecule has 0 unspecified atom stereocenters. The van der Waals surface area contributed by atoms with E-state index in [9.17, 15) is 0 Å². The fourth-order valence-electron chi connectivity index (χ4n) is 1.90. The molecule has 1 fully saturated rings. The van der Waals surface area contributed by atoms with Crippen LogP contribution in [0.5, 0.6) is 5.75 Å². The van der Waals surface area contributed by atoms with Crippen LogP contribution in [0.3, 0.4) is 0 Å². The van der Waals surface area contributed by atoms with Gasteiger partial charge in [0.05, 0.1) is 6.61 Å². The number of thioether (sulfide) groups is 1. The Balaban J connectivity index is 1.75. The second-order valence-corrected chi connectivity index (χ2v) is 5.84. The zero-order valence-electron chi connectivity index (χ0n) is 10.7. The number of ether oxygens (including phenoxy) is 1. The van der Waals surface area contributed by atoms with Crippen LogP contribution in [0.15, 0.2) is 24.3 Å². The van der Waals surface area contributed by atoms with E-state index >= 15 is 0 Å². The summed E-state index contributed by atoms with van der Waals surface area (Å²) in [6.45, 7) is 4.82. The molecule has 94 valence electrons. The van der Waals surface area contributed by atoms with Crippen molar-refractivity contribution in [3.8, 4) is 5.75 Å². The molecule has 0 saturated heterocycles. The molecule has 1 aromatic rings. The molecule has 0 aliphatic heterocycles. The Hall–Kier alpha value is -0.670. The van der Waals surface area contributed by atoms with Gasteiger partial charge in [-0.25, -0.2) is 0 Å². The van der Waals surface area contributed by atoms with Crippen molar-refractivity contribution >= 4 is 11.8 Å². The van der Waals surface area contributed by atoms with Gasteiger partial charge in [-0.15, -0.1) is 0 Å². The molecular formula is C14H21NOS. The van der Waals surface area contributed by atoms with Crippen LogP contribution in [0, 0.1) is 0 Å². The third-order valence-electron chi connectivity index (χ3n) is 3.25. The lowest BCUT2D eigenvalue weighted by Gasteiger charge is -2.13. The third-order valence-corrected chi connectivity index (χ3v) is 4.67. The summed E-state index contributed by atoms with van der Waals surface area (Å²) in [5, 5.41) is 3.55. The molecule has 2 nitrogen and oxygen atoms in total. The van der Waals surface area contributed by atoms with Gasteiger partial charge in [-0.2, -0.15) is 11.8 Å². The maximum atomic E-state index is 5.42. The molecule has 1 saturated carbocycles. The summed E-state index contributed by atoms with van der Waals surface area (Å²) in [7, 11) is 0. The topological polar surface area (TPSA) is 21.3 Å². The van der Waals surface area contributed by atoms with Gasteiger partial charge >= 0.3 is 0 Å². The molecule has 0 spiro atoms. The maximum absolute atomic E-state index is 5.42. The van der Waals surface area contributed by atoms with E-state index in [1.807, 2.05) is 30.8 Å². The summed E-state index contributed by atoms with van der Waals surface area (Å²) < 4.78 is 5.97. The Morgan fingerprint density at radius 1 is 1.29 bits per heavy atom. The van der Waals surface area contributed by atoms with E-state index in [0.29, 0.717) is 4.75 Å². The van der Waals surface area contributed by atoms with Crippen LogP contribution in [-0.4, -0.2) is 24.2 Å². The molecule has 0 heterocycles. The van der Waals surface area contributed by atoms with E-state index in [-0.39, 0.29) is 0 Å². The zero-order chi connectivity index (χ0) is 12.1. The first-order chi connectivity index (χ1) is 8.28. The molecule has 1 aliphatic rings. The highest BCUT2D eigenvalue weighted by atomic mass is 32.2. The molecule has 17 heavy (non-hydrogen) atoms. The summed E-state index contributed by atoms with van der Waals surface area (Å²) in [4.78, 5) is 0. The van der Waals surface area contributed by atoms with Gasteiger partial charge in [0, 0.05) is 17.8 Å². The van der Waals surface area contributed by atoms with Crippen molar-refractivity contribution in [2.75, 3.05) is 19.4 Å². The SMILES string of the molecule is CCOc1ccc(CNCC2(SC)CC2)cc1. The van der Waals surface area contributed by atoms with Crippen molar-refractivity contribution in [1.29, 1.82) is 0 Å². The van der Waals surface area contributed by atoms with Crippen LogP contribution < -0.4 is 10.1 Å². The first kappa shape index (κ1) is 12.8. The second-order valence-electron chi connectivity index (χ2n) is 4.57. The van der Waals surface area contributed by atoms with Crippen LogP contribution in [-0.2, 0) is 6.54 Å². The summed E-state index contributed by atoms with van der Waals surface area (Å²) in [5.74, 6) is 0.957. The second kappa shape index (κ2) is 5.78. The molecule has 0 amide bonds. The lowest BCUT2D eigenvalue weighted by molar-refractivity contribution is 0.340. The molecule has 3 heteroatoms. The average molecular weight is 251 g/mol. The highest BCUT2D eigenvalue weighted by Gasteiger charge is 2.41. The minimum Gasteiger partial charge on any atom is -0.494 e. The molecule has 0 radical (unpaired) electrons. The normalized spacial score (nSPS) is 16.8. The Bertz CT molecular complexity index is 346. The fourth-order valence-corrected chi connectivity index (χ4v) is 2.65. The van der Waals surface area contributed by atoms with E-state index in [0.717, 1.165) is 25.4 Å².